The van der Waals surface area contributed by atoms with Crippen molar-refractivity contribution in [3.63, 3.8) is 0 Å². The number of anilines is 1. The molecule has 0 bridgehead atoms. The van der Waals surface area contributed by atoms with E-state index in [1.54, 1.807) is 4.90 Å². The van der Waals surface area contributed by atoms with E-state index in [0.29, 0.717) is 42.4 Å². The van der Waals surface area contributed by atoms with Crippen LogP contribution >= 0.6 is 15.9 Å². The highest BCUT2D eigenvalue weighted by molar-refractivity contribution is 9.10. The predicted molar refractivity (Wildman–Crippen MR) is 144 cm³/mol. The molecule has 1 N–H and O–H groups in total. The number of rotatable bonds is 5. The van der Waals surface area contributed by atoms with Crippen LogP contribution in [0, 0.1) is 6.92 Å². The average Bonchev–Trinajstić information content (AvgIpc) is 3.27. The molecule has 0 unspecified atom stereocenters. The van der Waals surface area contributed by atoms with E-state index in [9.17, 15) is 35.9 Å². The number of ether oxygens (including phenoxy) is 1. The Hall–Kier alpha value is -4.05. The molecule has 0 aliphatic carbocycles. The van der Waals surface area contributed by atoms with Crippen molar-refractivity contribution in [3.8, 4) is 0 Å². The average molecular weight is 671 g/mol. The van der Waals surface area contributed by atoms with Gasteiger partial charge in [0.25, 0.3) is 11.8 Å². The Morgan fingerprint density at radius 3 is 2.37 bits per heavy atom. The molecule has 0 saturated carbocycles. The number of halogens is 7. The maximum absolute atomic E-state index is 14.0. The van der Waals surface area contributed by atoms with Crippen LogP contribution in [0.15, 0.2) is 47.1 Å². The molecule has 9 nitrogen and oxygen atoms in total. The van der Waals surface area contributed by atoms with Gasteiger partial charge in [-0.1, -0.05) is 15.9 Å². The lowest BCUT2D eigenvalue weighted by molar-refractivity contribution is -0.141. The van der Waals surface area contributed by atoms with Crippen molar-refractivity contribution in [1.82, 2.24) is 24.6 Å². The smallest absolute Gasteiger partial charge is 0.378 e. The van der Waals surface area contributed by atoms with E-state index in [4.69, 9.17) is 4.74 Å². The summed E-state index contributed by atoms with van der Waals surface area (Å²) in [6.07, 6.45) is -8.62. The number of carbonyl (C=O) groups excluding carboxylic acids is 2. The van der Waals surface area contributed by atoms with Crippen molar-refractivity contribution < 1.29 is 40.7 Å². The van der Waals surface area contributed by atoms with Gasteiger partial charge in [0.15, 0.2) is 5.69 Å². The number of aromatic nitrogens is 4. The number of pyridine rings is 2. The van der Waals surface area contributed by atoms with Gasteiger partial charge < -0.3 is 15.0 Å². The lowest BCUT2D eigenvalue weighted by Crippen LogP contribution is -2.40. The molecule has 0 spiro atoms. The summed E-state index contributed by atoms with van der Waals surface area (Å²) in [7, 11) is 0. The Bertz CT molecular complexity index is 1700. The third-order valence-electron chi connectivity index (χ3n) is 6.70. The number of carbonyl (C=O) groups is 2. The zero-order valence-electron chi connectivity index (χ0n) is 22.2. The number of morpholine rings is 1. The molecule has 0 radical (unpaired) electrons. The van der Waals surface area contributed by atoms with Crippen molar-refractivity contribution in [3.05, 3.63) is 81.0 Å². The fraction of sp³-hybridized carbons (Fsp3) is 0.296. The first-order chi connectivity index (χ1) is 20.2. The summed E-state index contributed by atoms with van der Waals surface area (Å²) in [6, 6.07) is 7.48. The van der Waals surface area contributed by atoms with Crippen LogP contribution in [0.2, 0.25) is 0 Å². The monoisotopic (exact) mass is 670 g/mol. The topological polar surface area (TPSA) is 102 Å². The van der Waals surface area contributed by atoms with Gasteiger partial charge in [-0.2, -0.15) is 31.4 Å². The Labute approximate surface area is 248 Å². The highest BCUT2D eigenvalue weighted by atomic mass is 79.9. The minimum Gasteiger partial charge on any atom is -0.378 e. The molecule has 43 heavy (non-hydrogen) atoms. The molecule has 2 amide bonds. The van der Waals surface area contributed by atoms with Crippen LogP contribution < -0.4 is 5.32 Å². The lowest BCUT2D eigenvalue weighted by Gasteiger charge is -2.26. The van der Waals surface area contributed by atoms with E-state index in [1.165, 1.54) is 43.5 Å². The number of hydrogen-bond donors (Lipinski definition) is 1. The quantitative estimate of drug-likeness (QED) is 0.273. The molecule has 4 aromatic rings. The van der Waals surface area contributed by atoms with Crippen LogP contribution in [0.4, 0.5) is 32.0 Å². The van der Waals surface area contributed by atoms with E-state index in [2.05, 4.69) is 36.3 Å². The number of benzene rings is 1. The number of fused-ring (bicyclic) bond motifs is 1. The highest BCUT2D eigenvalue weighted by Crippen LogP contribution is 2.37. The Balaban J connectivity index is 1.45. The summed E-state index contributed by atoms with van der Waals surface area (Å²) in [6.45, 7) is 2.69. The molecule has 1 aliphatic rings. The van der Waals surface area contributed by atoms with E-state index in [-0.39, 0.29) is 34.7 Å². The second kappa shape index (κ2) is 11.6. The minimum atomic E-state index is -5.01. The molecule has 1 aromatic carbocycles. The Morgan fingerprint density at radius 2 is 1.74 bits per heavy atom. The Morgan fingerprint density at radius 1 is 1.02 bits per heavy atom. The van der Waals surface area contributed by atoms with Crippen LogP contribution in [0.1, 0.15) is 43.5 Å². The van der Waals surface area contributed by atoms with Gasteiger partial charge in [-0.25, -0.2) is 4.98 Å². The molecule has 1 fully saturated rings. The summed E-state index contributed by atoms with van der Waals surface area (Å²) in [4.78, 5) is 35.3. The van der Waals surface area contributed by atoms with Crippen molar-refractivity contribution in [1.29, 1.82) is 0 Å². The fourth-order valence-corrected chi connectivity index (χ4v) is 4.87. The normalized spacial score (nSPS) is 14.3. The second-order valence-corrected chi connectivity index (χ2v) is 10.5. The van der Waals surface area contributed by atoms with Crippen molar-refractivity contribution in [2.75, 3.05) is 31.6 Å². The van der Waals surface area contributed by atoms with Crippen LogP contribution in [-0.4, -0.2) is 62.8 Å². The second-order valence-electron chi connectivity index (χ2n) is 9.58. The molecule has 5 rings (SSSR count). The first kappa shape index (κ1) is 30.4. The standard InChI is InChI=1S/C27H21BrF6N6O3/c1-14-22(37-24(41)19-11-21(26(29,30)31)36-20-5-3-16(28)10-18(19)20)23(27(32,33)34)38-40(14)13-17-4-2-15(12-35-17)25(42)39-6-8-43-9-7-39/h2-5,10-12H,6-9,13H2,1H3,(H,37,41). The minimum absolute atomic E-state index is 0.00519. The van der Waals surface area contributed by atoms with Gasteiger partial charge in [0, 0.05) is 29.1 Å². The first-order valence-electron chi connectivity index (χ1n) is 12.7. The van der Waals surface area contributed by atoms with Gasteiger partial charge >= 0.3 is 12.4 Å². The summed E-state index contributed by atoms with van der Waals surface area (Å²) in [5.74, 6) is -1.47. The summed E-state index contributed by atoms with van der Waals surface area (Å²) in [5.41, 5.74) is -3.78. The first-order valence-corrected chi connectivity index (χ1v) is 13.5. The number of amides is 2. The third kappa shape index (κ3) is 6.49. The van der Waals surface area contributed by atoms with E-state index in [1.807, 2.05) is 0 Å². The number of nitrogens with one attached hydrogen (secondary N) is 1. The molecule has 16 heteroatoms. The van der Waals surface area contributed by atoms with Gasteiger partial charge in [-0.05, 0) is 43.3 Å². The van der Waals surface area contributed by atoms with E-state index >= 15 is 0 Å². The Kier molecular flexibility index (Phi) is 8.17. The zero-order valence-corrected chi connectivity index (χ0v) is 23.8. The summed E-state index contributed by atoms with van der Waals surface area (Å²) in [5, 5.41) is 5.76. The zero-order chi connectivity index (χ0) is 31.1. The van der Waals surface area contributed by atoms with Crippen LogP contribution in [0.5, 0.6) is 0 Å². The van der Waals surface area contributed by atoms with Gasteiger partial charge in [0.2, 0.25) is 0 Å². The predicted octanol–water partition coefficient (Wildman–Crippen LogP) is 5.71. The third-order valence-corrected chi connectivity index (χ3v) is 7.19. The molecular formula is C27H21BrF6N6O3. The maximum Gasteiger partial charge on any atom is 0.437 e. The van der Waals surface area contributed by atoms with Crippen LogP contribution in [0.3, 0.4) is 0 Å². The van der Waals surface area contributed by atoms with E-state index in [0.717, 1.165) is 4.68 Å². The van der Waals surface area contributed by atoms with Crippen LogP contribution in [-0.2, 0) is 23.6 Å². The molecule has 226 valence electrons. The molecule has 1 aliphatic heterocycles. The maximum atomic E-state index is 14.0. The van der Waals surface area contributed by atoms with Crippen molar-refractivity contribution in [2.24, 2.45) is 0 Å². The lowest BCUT2D eigenvalue weighted by atomic mass is 10.1. The largest absolute Gasteiger partial charge is 0.437 e. The van der Waals surface area contributed by atoms with E-state index < -0.39 is 40.9 Å². The van der Waals surface area contributed by atoms with Crippen LogP contribution in [0.25, 0.3) is 10.9 Å². The van der Waals surface area contributed by atoms with Gasteiger partial charge in [-0.3, -0.25) is 19.3 Å². The van der Waals surface area contributed by atoms with Gasteiger partial charge in [0.05, 0.1) is 53.5 Å². The highest BCUT2D eigenvalue weighted by Gasteiger charge is 2.40. The SMILES string of the molecule is Cc1c(NC(=O)c2cc(C(F)(F)F)nc3ccc(Br)cc23)c(C(F)(F)F)nn1Cc1ccc(C(=O)N2CCOCC2)cn1. The molecular weight excluding hydrogens is 650 g/mol. The van der Waals surface area contributed by atoms with Gasteiger partial charge in [0.1, 0.15) is 5.69 Å². The number of hydrogen-bond acceptors (Lipinski definition) is 6. The number of alkyl halides is 6. The van der Waals surface area contributed by atoms with Crippen molar-refractivity contribution >= 4 is 44.3 Å². The molecule has 0 atom stereocenters. The molecule has 1 saturated heterocycles. The summed E-state index contributed by atoms with van der Waals surface area (Å²) < 4.78 is 89.3. The summed E-state index contributed by atoms with van der Waals surface area (Å²) >= 11 is 3.18. The number of nitrogens with zero attached hydrogens (tertiary/aromatic N) is 5. The molecule has 3 aromatic heterocycles. The fourth-order valence-electron chi connectivity index (χ4n) is 4.51. The van der Waals surface area contributed by atoms with Gasteiger partial charge in [-0.15, -0.1) is 0 Å². The van der Waals surface area contributed by atoms with Crippen molar-refractivity contribution in [2.45, 2.75) is 25.8 Å². The molecule has 4 heterocycles.